The van der Waals surface area contributed by atoms with Gasteiger partial charge >= 0.3 is 0 Å². The van der Waals surface area contributed by atoms with Gasteiger partial charge in [0, 0.05) is 18.4 Å². The van der Waals surface area contributed by atoms with Crippen LogP contribution in [0.25, 0.3) is 0 Å². The molecule has 20 atom stereocenters. The SMILES string of the molecule is C.CC(=O)C(N)CCCN=C(C)N.CCC1OC(OC2C(C)CC(C)C(O)C2OC2OC(CO)C(OC3OC(O)C(O)C(O)C3C)C2O)C(C)C(O)C1O. The minimum Gasteiger partial charge on any atom is -0.394 e. The van der Waals surface area contributed by atoms with Crippen molar-refractivity contribution >= 4 is 11.6 Å². The Morgan fingerprint density at radius 3 is 1.83 bits per heavy atom. The normalized spacial score (nSPS) is 44.8. The quantitative estimate of drug-likeness (QED) is 0.0576. The molecule has 12 N–H and O–H groups in total. The average Bonchev–Trinajstić information content (AvgIpc) is 3.41. The molecule has 0 bridgehead atoms. The van der Waals surface area contributed by atoms with Crippen molar-refractivity contribution in [1.29, 1.82) is 0 Å². The van der Waals surface area contributed by atoms with Gasteiger partial charge in [-0.3, -0.25) is 9.79 Å². The first-order valence-corrected chi connectivity index (χ1v) is 18.7. The van der Waals surface area contributed by atoms with Crippen molar-refractivity contribution in [3.05, 3.63) is 0 Å². The van der Waals surface area contributed by atoms with Crippen LogP contribution >= 0.6 is 0 Å². The first kappa shape index (κ1) is 48.7. The first-order chi connectivity index (χ1) is 24.8. The predicted octanol–water partition coefficient (Wildman–Crippen LogP) is -1.52. The summed E-state index contributed by atoms with van der Waals surface area (Å²) < 4.78 is 35.4. The summed E-state index contributed by atoms with van der Waals surface area (Å²) >= 11 is 0. The number of aliphatic hydroxyl groups excluding tert-OH is 8. The number of Topliss-reactive ketones (excluding diaryl/α,β-unsaturated/α-hetero) is 1. The third-order valence-corrected chi connectivity index (χ3v) is 10.7. The number of amidine groups is 1. The van der Waals surface area contributed by atoms with E-state index in [2.05, 4.69) is 4.99 Å². The van der Waals surface area contributed by atoms with E-state index >= 15 is 0 Å². The number of nitrogens with zero attached hydrogens (tertiary/aromatic N) is 1. The van der Waals surface area contributed by atoms with Crippen LogP contribution in [0.3, 0.4) is 0 Å². The zero-order valence-electron chi connectivity index (χ0n) is 31.8. The fourth-order valence-electron chi connectivity index (χ4n) is 7.14. The van der Waals surface area contributed by atoms with Gasteiger partial charge in [0.2, 0.25) is 0 Å². The number of carbonyl (C=O) groups excluding carboxylic acids is 1. The molecule has 0 aromatic heterocycles. The van der Waals surface area contributed by atoms with Gasteiger partial charge in [0.15, 0.2) is 25.2 Å². The Bertz CT molecular complexity index is 1150. The Kier molecular flexibility index (Phi) is 19.7. The van der Waals surface area contributed by atoms with Crippen LogP contribution in [0.2, 0.25) is 0 Å². The summed E-state index contributed by atoms with van der Waals surface area (Å²) in [5.74, 6) is -1.10. The molecule has 0 aromatic rings. The maximum absolute atomic E-state index is 11.2. The summed E-state index contributed by atoms with van der Waals surface area (Å²) in [6.45, 7) is 12.2. The van der Waals surface area contributed by atoms with Gasteiger partial charge in [0.25, 0.3) is 0 Å². The second kappa shape index (κ2) is 21.9. The lowest BCUT2D eigenvalue weighted by molar-refractivity contribution is -0.340. The molecule has 1 saturated carbocycles. The van der Waals surface area contributed by atoms with Crippen LogP contribution in [0.15, 0.2) is 4.99 Å². The summed E-state index contributed by atoms with van der Waals surface area (Å²) in [4.78, 5) is 14.7. The molecule has 18 heteroatoms. The van der Waals surface area contributed by atoms with Crippen molar-refractivity contribution < 1.29 is 74.1 Å². The van der Waals surface area contributed by atoms with E-state index in [1.807, 2.05) is 20.8 Å². The van der Waals surface area contributed by atoms with Gasteiger partial charge in [-0.2, -0.15) is 0 Å². The Hall–Kier alpha value is -1.46. The molecule has 0 spiro atoms. The Morgan fingerprint density at radius 1 is 0.741 bits per heavy atom. The van der Waals surface area contributed by atoms with Crippen LogP contribution in [0.4, 0.5) is 0 Å². The summed E-state index contributed by atoms with van der Waals surface area (Å²) in [5.41, 5.74) is 10.8. The molecule has 0 aromatic carbocycles. The molecular formula is C36H69N3O15. The van der Waals surface area contributed by atoms with Crippen LogP contribution in [0.1, 0.15) is 81.6 Å². The van der Waals surface area contributed by atoms with E-state index in [-0.39, 0.29) is 31.1 Å². The minimum atomic E-state index is -1.72. The van der Waals surface area contributed by atoms with Crippen LogP contribution in [-0.2, 0) is 33.2 Å². The zero-order chi connectivity index (χ0) is 39.9. The highest BCUT2D eigenvalue weighted by Crippen LogP contribution is 2.39. The van der Waals surface area contributed by atoms with Gasteiger partial charge in [0.05, 0.1) is 49.0 Å². The Labute approximate surface area is 318 Å². The summed E-state index contributed by atoms with van der Waals surface area (Å²) in [6, 6.07) is -0.335. The van der Waals surface area contributed by atoms with Crippen LogP contribution in [0.5, 0.6) is 0 Å². The van der Waals surface area contributed by atoms with Gasteiger partial charge in [0.1, 0.15) is 42.4 Å². The highest BCUT2D eigenvalue weighted by Gasteiger charge is 2.53. The standard InChI is InChI=1S/C27H48O14.C8H17N3O.CH4/c1-6-13-18(32)16(30)11(4)25(36-13)38-21-10(3)7-9(2)15(29)23(21)40-27-20(34)22(14(8-28)37-27)39-26-12(5)17(31)19(33)24(35)41-26;1-6(12)8(10)4-3-5-11-7(2)9;/h9-35H,6-8H2,1-5H3;8H,3-5,10H2,1-2H3,(H2,9,11);1H4. The van der Waals surface area contributed by atoms with Crippen LogP contribution < -0.4 is 11.5 Å². The zero-order valence-corrected chi connectivity index (χ0v) is 31.8. The molecular weight excluding hydrogens is 714 g/mol. The van der Waals surface area contributed by atoms with Gasteiger partial charge < -0.3 is 80.7 Å². The Morgan fingerprint density at radius 2 is 1.28 bits per heavy atom. The highest BCUT2D eigenvalue weighted by atomic mass is 16.8. The largest absolute Gasteiger partial charge is 0.394 e. The minimum absolute atomic E-state index is 0. The summed E-state index contributed by atoms with van der Waals surface area (Å²) in [5, 5.41) is 83.3. The molecule has 18 nitrogen and oxygen atoms in total. The predicted molar refractivity (Wildman–Crippen MR) is 194 cm³/mol. The smallest absolute Gasteiger partial charge is 0.187 e. The second-order valence-corrected chi connectivity index (χ2v) is 15.1. The van der Waals surface area contributed by atoms with Gasteiger partial charge in [-0.25, -0.2) is 0 Å². The molecule has 0 radical (unpaired) electrons. The van der Waals surface area contributed by atoms with Gasteiger partial charge in [-0.1, -0.05) is 42.0 Å². The van der Waals surface area contributed by atoms with E-state index in [4.69, 9.17) is 39.9 Å². The summed E-state index contributed by atoms with van der Waals surface area (Å²) in [6.07, 6.45) is -14.9. The monoisotopic (exact) mass is 783 g/mol. The molecule has 3 saturated heterocycles. The average molecular weight is 784 g/mol. The molecule has 1 aliphatic carbocycles. The number of ketones is 1. The van der Waals surface area contributed by atoms with Crippen molar-refractivity contribution in [3.8, 4) is 0 Å². The van der Waals surface area contributed by atoms with Gasteiger partial charge in [-0.15, -0.1) is 0 Å². The van der Waals surface area contributed by atoms with E-state index in [9.17, 15) is 45.6 Å². The van der Waals surface area contributed by atoms with E-state index in [0.29, 0.717) is 31.6 Å². The molecule has 4 aliphatic rings. The highest BCUT2D eigenvalue weighted by molar-refractivity contribution is 5.81. The lowest BCUT2D eigenvalue weighted by Crippen LogP contribution is -2.59. The number of aliphatic hydroxyl groups is 8. The topological polar surface area (TPSA) is 299 Å². The fourth-order valence-corrected chi connectivity index (χ4v) is 7.14. The van der Waals surface area contributed by atoms with Crippen molar-refractivity contribution in [1.82, 2.24) is 0 Å². The molecule has 20 unspecified atom stereocenters. The maximum Gasteiger partial charge on any atom is 0.187 e. The van der Waals surface area contributed by atoms with E-state index in [0.717, 1.165) is 6.42 Å². The van der Waals surface area contributed by atoms with Crippen molar-refractivity contribution in [3.63, 3.8) is 0 Å². The number of nitrogens with two attached hydrogens (primary N) is 2. The van der Waals surface area contributed by atoms with Crippen molar-refractivity contribution in [2.45, 2.75) is 180 Å². The van der Waals surface area contributed by atoms with E-state index in [1.165, 1.54) is 13.8 Å². The molecule has 3 heterocycles. The molecule has 4 rings (SSSR count). The van der Waals surface area contributed by atoms with Crippen molar-refractivity contribution in [2.24, 2.45) is 40.1 Å². The third kappa shape index (κ3) is 12.0. The first-order valence-electron chi connectivity index (χ1n) is 18.7. The maximum atomic E-state index is 11.2. The fraction of sp³-hybridized carbons (Fsp3) is 0.944. The number of rotatable bonds is 13. The Balaban J connectivity index is 0.000000669. The molecule has 3 aliphatic heterocycles. The van der Waals surface area contributed by atoms with E-state index in [1.54, 1.807) is 13.8 Å². The molecule has 0 amide bonds. The van der Waals surface area contributed by atoms with Gasteiger partial charge in [-0.05, 0) is 51.4 Å². The lowest BCUT2D eigenvalue weighted by Gasteiger charge is -2.47. The second-order valence-electron chi connectivity index (χ2n) is 15.1. The number of hydrogen-bond donors (Lipinski definition) is 10. The van der Waals surface area contributed by atoms with Crippen LogP contribution in [0, 0.1) is 23.7 Å². The van der Waals surface area contributed by atoms with E-state index < -0.39 is 111 Å². The number of aliphatic imine (C=N–C) groups is 1. The number of carbonyl (C=O) groups is 1. The molecule has 4 fully saturated rings. The number of hydrogen-bond acceptors (Lipinski definition) is 17. The molecule has 318 valence electrons. The number of ether oxygens (including phenoxy) is 6. The lowest BCUT2D eigenvalue weighted by atomic mass is 9.77. The third-order valence-electron chi connectivity index (χ3n) is 10.7. The van der Waals surface area contributed by atoms with Crippen LogP contribution in [-0.4, -0.2) is 164 Å². The molecule has 54 heavy (non-hydrogen) atoms. The van der Waals surface area contributed by atoms with Crippen molar-refractivity contribution in [2.75, 3.05) is 13.2 Å². The summed E-state index contributed by atoms with van der Waals surface area (Å²) in [7, 11) is 0.